The lowest BCUT2D eigenvalue weighted by atomic mass is 9.96. The monoisotopic (exact) mass is 280 g/mol. The largest absolute Gasteiger partial charge is 0.369 e. The smallest absolute Gasteiger partial charge is 0.137 e. The van der Waals surface area contributed by atoms with E-state index in [0.717, 1.165) is 23.9 Å². The summed E-state index contributed by atoms with van der Waals surface area (Å²) in [7, 11) is 0. The summed E-state index contributed by atoms with van der Waals surface area (Å²) in [4.78, 5) is 12.8. The first-order chi connectivity index (χ1) is 8.95. The molecule has 2 aromatic rings. The lowest BCUT2D eigenvalue weighted by Crippen LogP contribution is -2.18. The highest BCUT2D eigenvalue weighted by atomic mass is 35.5. The average Bonchev–Trinajstić information content (AvgIpc) is 2.80. The maximum Gasteiger partial charge on any atom is 0.137 e. The maximum atomic E-state index is 6.01. The van der Waals surface area contributed by atoms with Crippen LogP contribution in [-0.2, 0) is 11.8 Å². The third-order valence-corrected chi connectivity index (χ3v) is 2.69. The van der Waals surface area contributed by atoms with E-state index in [9.17, 15) is 0 Å². The number of halogens is 1. The highest BCUT2D eigenvalue weighted by Gasteiger charge is 2.18. The van der Waals surface area contributed by atoms with E-state index in [0.29, 0.717) is 11.7 Å². The minimum Gasteiger partial charge on any atom is -0.369 e. The number of nitrogens with one attached hydrogen (secondary N) is 2. The minimum atomic E-state index is -0.133. The van der Waals surface area contributed by atoms with E-state index in [1.807, 2.05) is 0 Å². The summed E-state index contributed by atoms with van der Waals surface area (Å²) in [5.41, 5.74) is -0.133. The van der Waals surface area contributed by atoms with Gasteiger partial charge in [-0.05, 0) is 0 Å². The number of aromatic amines is 1. The fourth-order valence-corrected chi connectivity index (χ4v) is 1.69. The van der Waals surface area contributed by atoms with Crippen molar-refractivity contribution in [2.24, 2.45) is 0 Å². The molecule has 0 aliphatic heterocycles. The first-order valence-corrected chi connectivity index (χ1v) is 6.46. The van der Waals surface area contributed by atoms with Gasteiger partial charge in [-0.25, -0.2) is 15.0 Å². The van der Waals surface area contributed by atoms with Crippen molar-refractivity contribution < 1.29 is 0 Å². The second-order valence-electron chi connectivity index (χ2n) is 5.26. The Hall–Kier alpha value is -1.69. The van der Waals surface area contributed by atoms with Gasteiger partial charge in [0.1, 0.15) is 28.9 Å². The van der Waals surface area contributed by atoms with Crippen molar-refractivity contribution in [3.63, 3.8) is 0 Å². The van der Waals surface area contributed by atoms with E-state index < -0.39 is 0 Å². The Balaban J connectivity index is 2.02. The Morgan fingerprint density at radius 1 is 1.32 bits per heavy atom. The molecule has 0 aliphatic carbocycles. The van der Waals surface area contributed by atoms with Gasteiger partial charge < -0.3 is 5.32 Å². The molecule has 6 nitrogen and oxygen atoms in total. The Morgan fingerprint density at radius 2 is 2.11 bits per heavy atom. The van der Waals surface area contributed by atoms with E-state index >= 15 is 0 Å². The predicted molar refractivity (Wildman–Crippen MR) is 74.3 cm³/mol. The molecule has 0 radical (unpaired) electrons. The number of hydrogen-bond donors (Lipinski definition) is 2. The molecule has 19 heavy (non-hydrogen) atoms. The summed E-state index contributed by atoms with van der Waals surface area (Å²) in [6.07, 6.45) is 2.24. The number of H-pyrrole nitrogens is 1. The summed E-state index contributed by atoms with van der Waals surface area (Å²) in [5, 5.41) is 10.3. The lowest BCUT2D eigenvalue weighted by molar-refractivity contribution is 0.546. The molecule has 0 aliphatic rings. The molecule has 0 unspecified atom stereocenters. The highest BCUT2D eigenvalue weighted by molar-refractivity contribution is 6.29. The fourth-order valence-electron chi connectivity index (χ4n) is 1.50. The van der Waals surface area contributed by atoms with Gasteiger partial charge in [0.05, 0.1) is 0 Å². The van der Waals surface area contributed by atoms with Crippen LogP contribution in [0.5, 0.6) is 0 Å². The van der Waals surface area contributed by atoms with Gasteiger partial charge in [-0.15, -0.1) is 0 Å². The maximum absolute atomic E-state index is 6.01. The van der Waals surface area contributed by atoms with Crippen LogP contribution < -0.4 is 5.32 Å². The molecule has 0 spiro atoms. The lowest BCUT2D eigenvalue weighted by Gasteiger charge is -2.17. The number of nitrogens with zero attached hydrogens (tertiary/aromatic N) is 4. The molecular formula is C12H17ClN6. The fraction of sp³-hybridized carbons (Fsp3) is 0.500. The van der Waals surface area contributed by atoms with E-state index in [2.05, 4.69) is 51.2 Å². The SMILES string of the molecule is CC(C)(C)c1nc(Cl)cc(NCCc2ncn[nH]2)n1. The third kappa shape index (κ3) is 3.89. The highest BCUT2D eigenvalue weighted by Crippen LogP contribution is 2.22. The second-order valence-corrected chi connectivity index (χ2v) is 5.65. The van der Waals surface area contributed by atoms with Gasteiger partial charge in [0, 0.05) is 24.4 Å². The Bertz CT molecular complexity index is 532. The zero-order valence-electron chi connectivity index (χ0n) is 11.2. The molecule has 2 aromatic heterocycles. The van der Waals surface area contributed by atoms with Crippen LogP contribution in [-0.4, -0.2) is 31.7 Å². The summed E-state index contributed by atoms with van der Waals surface area (Å²) < 4.78 is 0. The van der Waals surface area contributed by atoms with Gasteiger partial charge in [0.25, 0.3) is 0 Å². The first-order valence-electron chi connectivity index (χ1n) is 6.08. The Morgan fingerprint density at radius 3 is 2.74 bits per heavy atom. The van der Waals surface area contributed by atoms with Gasteiger partial charge in [0.2, 0.25) is 0 Å². The molecule has 2 N–H and O–H groups in total. The van der Waals surface area contributed by atoms with Crippen LogP contribution in [0.2, 0.25) is 5.15 Å². The Labute approximate surface area is 117 Å². The van der Waals surface area contributed by atoms with Crippen LogP contribution in [0.25, 0.3) is 0 Å². The molecule has 2 rings (SSSR count). The van der Waals surface area contributed by atoms with Crippen molar-refractivity contribution in [1.29, 1.82) is 0 Å². The quantitative estimate of drug-likeness (QED) is 0.840. The van der Waals surface area contributed by atoms with Crippen molar-refractivity contribution in [2.45, 2.75) is 32.6 Å². The number of rotatable bonds is 4. The van der Waals surface area contributed by atoms with Gasteiger partial charge in [-0.2, -0.15) is 5.10 Å². The topological polar surface area (TPSA) is 79.4 Å². The molecule has 0 amide bonds. The van der Waals surface area contributed by atoms with Gasteiger partial charge in [-0.3, -0.25) is 5.10 Å². The summed E-state index contributed by atoms with van der Waals surface area (Å²) in [6.45, 7) is 6.86. The molecule has 2 heterocycles. The van der Waals surface area contributed by atoms with E-state index in [4.69, 9.17) is 11.6 Å². The van der Waals surface area contributed by atoms with E-state index in [-0.39, 0.29) is 5.41 Å². The van der Waals surface area contributed by atoms with E-state index in [1.54, 1.807) is 6.07 Å². The molecule has 0 atom stereocenters. The van der Waals surface area contributed by atoms with Crippen molar-refractivity contribution >= 4 is 17.4 Å². The Kier molecular flexibility index (Phi) is 3.99. The normalized spacial score (nSPS) is 11.6. The molecule has 0 saturated carbocycles. The minimum absolute atomic E-state index is 0.133. The van der Waals surface area contributed by atoms with Crippen LogP contribution in [0.1, 0.15) is 32.4 Å². The van der Waals surface area contributed by atoms with E-state index in [1.165, 1.54) is 6.33 Å². The molecular weight excluding hydrogens is 264 g/mol. The van der Waals surface area contributed by atoms with Crippen molar-refractivity contribution in [2.75, 3.05) is 11.9 Å². The molecule has 102 valence electrons. The van der Waals surface area contributed by atoms with Crippen molar-refractivity contribution in [1.82, 2.24) is 25.1 Å². The molecule has 0 aromatic carbocycles. The molecule has 0 fully saturated rings. The van der Waals surface area contributed by atoms with Crippen LogP contribution in [0.15, 0.2) is 12.4 Å². The van der Waals surface area contributed by atoms with Crippen molar-refractivity contribution in [3.05, 3.63) is 29.2 Å². The molecule has 0 saturated heterocycles. The number of anilines is 1. The van der Waals surface area contributed by atoms with Crippen LogP contribution in [0.4, 0.5) is 5.82 Å². The molecule has 0 bridgehead atoms. The number of aromatic nitrogens is 5. The summed E-state index contributed by atoms with van der Waals surface area (Å²) in [5.74, 6) is 2.29. The van der Waals surface area contributed by atoms with Crippen molar-refractivity contribution in [3.8, 4) is 0 Å². The average molecular weight is 281 g/mol. The third-order valence-electron chi connectivity index (χ3n) is 2.50. The van der Waals surface area contributed by atoms with Crippen LogP contribution in [0, 0.1) is 0 Å². The zero-order valence-corrected chi connectivity index (χ0v) is 12.0. The summed E-state index contributed by atoms with van der Waals surface area (Å²) in [6, 6.07) is 1.72. The standard InChI is InChI=1S/C12H17ClN6/c1-12(2,3)11-17-8(13)6-10(18-11)14-5-4-9-15-7-16-19-9/h6-7H,4-5H2,1-3H3,(H,14,17,18)(H,15,16,19). The van der Waals surface area contributed by atoms with Gasteiger partial charge in [-0.1, -0.05) is 32.4 Å². The first kappa shape index (κ1) is 13.7. The predicted octanol–water partition coefficient (Wildman–Crippen LogP) is 2.20. The number of hydrogen-bond acceptors (Lipinski definition) is 5. The van der Waals surface area contributed by atoms with Gasteiger partial charge in [0.15, 0.2) is 0 Å². The van der Waals surface area contributed by atoms with Crippen LogP contribution >= 0.6 is 11.6 Å². The summed E-state index contributed by atoms with van der Waals surface area (Å²) >= 11 is 6.01. The zero-order chi connectivity index (χ0) is 13.9. The molecule has 7 heteroatoms. The van der Waals surface area contributed by atoms with Gasteiger partial charge >= 0.3 is 0 Å². The van der Waals surface area contributed by atoms with Crippen LogP contribution in [0.3, 0.4) is 0 Å². The second kappa shape index (κ2) is 5.52.